The molecule has 0 fully saturated rings. The number of benzene rings is 1. The second kappa shape index (κ2) is 7.50. The second-order valence-electron chi connectivity index (χ2n) is 4.62. The molecule has 0 aromatic heterocycles. The SMILES string of the molecule is CCCCC(CC)Nc1ccc(S(=O)(=O)NC)cc1. The summed E-state index contributed by atoms with van der Waals surface area (Å²) in [5, 5.41) is 3.44. The minimum Gasteiger partial charge on any atom is -0.382 e. The minimum absolute atomic E-state index is 0.294. The first-order valence-corrected chi connectivity index (χ1v) is 8.32. The summed E-state index contributed by atoms with van der Waals surface area (Å²) in [6, 6.07) is 7.34. The van der Waals surface area contributed by atoms with Crippen molar-refractivity contribution in [2.75, 3.05) is 12.4 Å². The summed E-state index contributed by atoms with van der Waals surface area (Å²) >= 11 is 0. The van der Waals surface area contributed by atoms with Crippen LogP contribution < -0.4 is 10.0 Å². The number of anilines is 1. The zero-order valence-electron chi connectivity index (χ0n) is 11.9. The van der Waals surface area contributed by atoms with Gasteiger partial charge in [-0.1, -0.05) is 26.7 Å². The summed E-state index contributed by atoms with van der Waals surface area (Å²) in [7, 11) is -1.92. The molecule has 0 spiro atoms. The Hall–Kier alpha value is -1.07. The van der Waals surface area contributed by atoms with E-state index in [0.29, 0.717) is 10.9 Å². The topological polar surface area (TPSA) is 58.2 Å². The van der Waals surface area contributed by atoms with E-state index in [1.807, 2.05) is 12.1 Å². The predicted molar refractivity (Wildman–Crippen MR) is 79.9 cm³/mol. The van der Waals surface area contributed by atoms with Crippen LogP contribution in [0.25, 0.3) is 0 Å². The van der Waals surface area contributed by atoms with Gasteiger partial charge in [-0.3, -0.25) is 0 Å². The number of hydrogen-bond donors (Lipinski definition) is 2. The first kappa shape index (κ1) is 16.0. The Morgan fingerprint density at radius 2 is 1.79 bits per heavy atom. The van der Waals surface area contributed by atoms with Crippen LogP contribution in [0.5, 0.6) is 0 Å². The van der Waals surface area contributed by atoms with E-state index in [1.165, 1.54) is 19.9 Å². The maximum Gasteiger partial charge on any atom is 0.240 e. The van der Waals surface area contributed by atoms with Gasteiger partial charge in [0.1, 0.15) is 0 Å². The summed E-state index contributed by atoms with van der Waals surface area (Å²) in [4.78, 5) is 0.294. The smallest absolute Gasteiger partial charge is 0.240 e. The molecule has 1 rings (SSSR count). The molecule has 0 saturated carbocycles. The highest BCUT2D eigenvalue weighted by Crippen LogP contribution is 2.17. The molecule has 0 radical (unpaired) electrons. The highest BCUT2D eigenvalue weighted by Gasteiger charge is 2.11. The largest absolute Gasteiger partial charge is 0.382 e. The van der Waals surface area contributed by atoms with Crippen molar-refractivity contribution >= 4 is 15.7 Å². The van der Waals surface area contributed by atoms with E-state index in [4.69, 9.17) is 0 Å². The van der Waals surface area contributed by atoms with Crippen molar-refractivity contribution in [2.24, 2.45) is 0 Å². The van der Waals surface area contributed by atoms with Gasteiger partial charge < -0.3 is 5.32 Å². The Bertz CT molecular complexity index is 469. The van der Waals surface area contributed by atoms with Crippen LogP contribution in [0.4, 0.5) is 5.69 Å². The molecule has 108 valence electrons. The van der Waals surface area contributed by atoms with Crippen LogP contribution in [0.3, 0.4) is 0 Å². The number of rotatable bonds is 8. The normalized spacial score (nSPS) is 13.2. The molecule has 0 saturated heterocycles. The van der Waals surface area contributed by atoms with Crippen molar-refractivity contribution in [2.45, 2.75) is 50.5 Å². The molecule has 0 aliphatic rings. The second-order valence-corrected chi connectivity index (χ2v) is 6.51. The highest BCUT2D eigenvalue weighted by atomic mass is 32.2. The molecule has 0 heterocycles. The average molecular weight is 284 g/mol. The van der Waals surface area contributed by atoms with Crippen LogP contribution >= 0.6 is 0 Å². The van der Waals surface area contributed by atoms with Crippen molar-refractivity contribution in [3.8, 4) is 0 Å². The first-order chi connectivity index (χ1) is 9.03. The molecule has 1 unspecified atom stereocenters. The Kier molecular flexibility index (Phi) is 6.31. The summed E-state index contributed by atoms with van der Waals surface area (Å²) < 4.78 is 25.5. The van der Waals surface area contributed by atoms with E-state index in [0.717, 1.165) is 18.5 Å². The Morgan fingerprint density at radius 1 is 1.16 bits per heavy atom. The third-order valence-electron chi connectivity index (χ3n) is 3.20. The minimum atomic E-state index is -3.34. The quantitative estimate of drug-likeness (QED) is 0.771. The molecular formula is C14H24N2O2S. The number of nitrogens with one attached hydrogen (secondary N) is 2. The average Bonchev–Trinajstić information content (AvgIpc) is 2.44. The standard InChI is InChI=1S/C14H24N2O2S/c1-4-6-7-12(5-2)16-13-8-10-14(11-9-13)19(17,18)15-3/h8-12,15-16H,4-7H2,1-3H3. The van der Waals surface area contributed by atoms with Crippen molar-refractivity contribution in [3.63, 3.8) is 0 Å². The van der Waals surface area contributed by atoms with E-state index >= 15 is 0 Å². The van der Waals surface area contributed by atoms with Gasteiger partial charge in [-0.25, -0.2) is 13.1 Å². The third-order valence-corrected chi connectivity index (χ3v) is 4.63. The van der Waals surface area contributed by atoms with Gasteiger partial charge in [0.05, 0.1) is 4.90 Å². The molecule has 1 aromatic carbocycles. The van der Waals surface area contributed by atoms with E-state index in [1.54, 1.807) is 12.1 Å². The fourth-order valence-corrected chi connectivity index (χ4v) is 2.64. The summed E-state index contributed by atoms with van der Waals surface area (Å²) in [5.41, 5.74) is 0.970. The Labute approximate surface area is 116 Å². The lowest BCUT2D eigenvalue weighted by molar-refractivity contribution is 0.588. The molecule has 0 aliphatic heterocycles. The van der Waals surface area contributed by atoms with Crippen molar-refractivity contribution < 1.29 is 8.42 Å². The van der Waals surface area contributed by atoms with E-state index in [-0.39, 0.29) is 0 Å². The van der Waals surface area contributed by atoms with Gasteiger partial charge in [-0.2, -0.15) is 0 Å². The van der Waals surface area contributed by atoms with Gasteiger partial charge in [0.25, 0.3) is 0 Å². The van der Waals surface area contributed by atoms with Crippen LogP contribution in [0.2, 0.25) is 0 Å². The third kappa shape index (κ3) is 4.84. The van der Waals surface area contributed by atoms with Crippen LogP contribution in [-0.2, 0) is 10.0 Å². The van der Waals surface area contributed by atoms with Gasteiger partial charge in [0.2, 0.25) is 10.0 Å². The Morgan fingerprint density at radius 3 is 2.26 bits per heavy atom. The molecule has 19 heavy (non-hydrogen) atoms. The van der Waals surface area contributed by atoms with Gasteiger partial charge in [0.15, 0.2) is 0 Å². The zero-order chi connectivity index (χ0) is 14.3. The molecule has 4 nitrogen and oxygen atoms in total. The Balaban J connectivity index is 2.71. The monoisotopic (exact) mass is 284 g/mol. The molecule has 1 atom stereocenters. The molecule has 1 aromatic rings. The van der Waals surface area contributed by atoms with Crippen LogP contribution in [0.15, 0.2) is 29.2 Å². The molecule has 5 heteroatoms. The maximum absolute atomic E-state index is 11.6. The fourth-order valence-electron chi connectivity index (χ4n) is 1.91. The summed E-state index contributed by atoms with van der Waals surface area (Å²) in [6.07, 6.45) is 4.61. The van der Waals surface area contributed by atoms with Crippen molar-refractivity contribution in [3.05, 3.63) is 24.3 Å². The molecule has 0 amide bonds. The lowest BCUT2D eigenvalue weighted by Gasteiger charge is -2.18. The van der Waals surface area contributed by atoms with E-state index in [9.17, 15) is 8.42 Å². The first-order valence-electron chi connectivity index (χ1n) is 6.83. The van der Waals surface area contributed by atoms with Crippen molar-refractivity contribution in [1.82, 2.24) is 4.72 Å². The number of sulfonamides is 1. The van der Waals surface area contributed by atoms with Crippen LogP contribution in [0, 0.1) is 0 Å². The molecule has 0 aliphatic carbocycles. The van der Waals surface area contributed by atoms with Gasteiger partial charge in [-0.15, -0.1) is 0 Å². The fraction of sp³-hybridized carbons (Fsp3) is 0.571. The van der Waals surface area contributed by atoms with E-state index in [2.05, 4.69) is 23.9 Å². The van der Waals surface area contributed by atoms with Crippen LogP contribution in [-0.4, -0.2) is 21.5 Å². The maximum atomic E-state index is 11.6. The summed E-state index contributed by atoms with van der Waals surface area (Å²) in [6.45, 7) is 4.34. The highest BCUT2D eigenvalue weighted by molar-refractivity contribution is 7.89. The van der Waals surface area contributed by atoms with Gasteiger partial charge in [-0.05, 0) is 44.2 Å². The zero-order valence-corrected chi connectivity index (χ0v) is 12.8. The molecular weight excluding hydrogens is 260 g/mol. The molecule has 2 N–H and O–H groups in total. The number of hydrogen-bond acceptors (Lipinski definition) is 3. The lowest BCUT2D eigenvalue weighted by Crippen LogP contribution is -2.19. The number of unbranched alkanes of at least 4 members (excludes halogenated alkanes) is 1. The predicted octanol–water partition coefficient (Wildman–Crippen LogP) is 2.98. The van der Waals surface area contributed by atoms with Crippen LogP contribution in [0.1, 0.15) is 39.5 Å². The lowest BCUT2D eigenvalue weighted by atomic mass is 10.1. The van der Waals surface area contributed by atoms with Crippen molar-refractivity contribution in [1.29, 1.82) is 0 Å². The van der Waals surface area contributed by atoms with E-state index < -0.39 is 10.0 Å². The van der Waals surface area contributed by atoms with Gasteiger partial charge >= 0.3 is 0 Å². The molecule has 0 bridgehead atoms. The summed E-state index contributed by atoms with van der Waals surface area (Å²) in [5.74, 6) is 0. The van der Waals surface area contributed by atoms with Gasteiger partial charge in [0, 0.05) is 11.7 Å².